The van der Waals surface area contributed by atoms with Gasteiger partial charge in [0.1, 0.15) is 5.76 Å². The molecule has 0 spiro atoms. The number of sulfonamides is 1. The van der Waals surface area contributed by atoms with Gasteiger partial charge in [-0.3, -0.25) is 4.79 Å². The van der Waals surface area contributed by atoms with Crippen molar-refractivity contribution in [2.24, 2.45) is 5.14 Å². The number of aryl methyl sites for hydroxylation is 2. The van der Waals surface area contributed by atoms with Crippen molar-refractivity contribution >= 4 is 16.3 Å². The molecule has 0 bridgehead atoms. The van der Waals surface area contributed by atoms with Gasteiger partial charge in [-0.2, -0.15) is 0 Å². The lowest BCUT2D eigenvalue weighted by molar-refractivity contribution is 0.110. The molecule has 1 heterocycles. The summed E-state index contributed by atoms with van der Waals surface area (Å²) < 4.78 is 28.6. The third-order valence-corrected chi connectivity index (χ3v) is 3.67. The molecule has 0 aliphatic rings. The first-order chi connectivity index (χ1) is 8.82. The fourth-order valence-corrected chi connectivity index (χ4v) is 2.92. The van der Waals surface area contributed by atoms with E-state index in [0.717, 1.165) is 11.1 Å². The van der Waals surface area contributed by atoms with Crippen LogP contribution in [0.4, 0.5) is 0 Å². The van der Waals surface area contributed by atoms with Gasteiger partial charge in [-0.25, -0.2) is 13.6 Å². The predicted octanol–water partition coefficient (Wildman–Crippen LogP) is 2.02. The SMILES string of the molecule is Cc1cc(C)c(-c2ccc(C=O)o2)c(S(N)(=O)=O)c1. The van der Waals surface area contributed by atoms with E-state index in [9.17, 15) is 13.2 Å². The molecule has 0 fully saturated rings. The highest BCUT2D eigenvalue weighted by atomic mass is 32.2. The Hall–Kier alpha value is -1.92. The van der Waals surface area contributed by atoms with Gasteiger partial charge in [-0.1, -0.05) is 6.07 Å². The Labute approximate surface area is 111 Å². The predicted molar refractivity (Wildman–Crippen MR) is 70.4 cm³/mol. The Morgan fingerprint density at radius 3 is 2.42 bits per heavy atom. The fraction of sp³-hybridized carbons (Fsp3) is 0.154. The van der Waals surface area contributed by atoms with E-state index in [4.69, 9.17) is 9.56 Å². The van der Waals surface area contributed by atoms with E-state index in [1.165, 1.54) is 12.1 Å². The number of carbonyl (C=O) groups is 1. The number of nitrogens with two attached hydrogens (primary N) is 1. The second-order valence-electron chi connectivity index (χ2n) is 4.32. The molecule has 6 heteroatoms. The molecule has 2 rings (SSSR count). The van der Waals surface area contributed by atoms with E-state index in [0.29, 0.717) is 17.6 Å². The summed E-state index contributed by atoms with van der Waals surface area (Å²) in [6.07, 6.45) is 0.559. The van der Waals surface area contributed by atoms with Crippen LogP contribution in [0.25, 0.3) is 11.3 Å². The first-order valence-corrected chi connectivity index (χ1v) is 7.07. The first-order valence-electron chi connectivity index (χ1n) is 5.52. The molecular weight excluding hydrogens is 266 g/mol. The molecule has 0 unspecified atom stereocenters. The van der Waals surface area contributed by atoms with Gasteiger partial charge in [-0.15, -0.1) is 0 Å². The molecule has 0 aliphatic carbocycles. The van der Waals surface area contributed by atoms with Gasteiger partial charge in [0.25, 0.3) is 0 Å². The zero-order valence-corrected chi connectivity index (χ0v) is 11.3. The first kappa shape index (κ1) is 13.5. The fourth-order valence-electron chi connectivity index (χ4n) is 2.02. The number of hydrogen-bond donors (Lipinski definition) is 1. The van der Waals surface area contributed by atoms with Crippen LogP contribution in [-0.2, 0) is 10.0 Å². The molecule has 1 aromatic carbocycles. The summed E-state index contributed by atoms with van der Waals surface area (Å²) in [6.45, 7) is 3.55. The molecular formula is C13H13NO4S. The number of hydrogen-bond acceptors (Lipinski definition) is 4. The van der Waals surface area contributed by atoms with Crippen molar-refractivity contribution in [3.8, 4) is 11.3 Å². The average Bonchev–Trinajstić information content (AvgIpc) is 2.75. The van der Waals surface area contributed by atoms with Crippen molar-refractivity contribution in [1.82, 2.24) is 0 Å². The molecule has 100 valence electrons. The third-order valence-electron chi connectivity index (χ3n) is 2.74. The normalized spacial score (nSPS) is 11.5. The maximum absolute atomic E-state index is 11.7. The lowest BCUT2D eigenvalue weighted by atomic mass is 10.0. The van der Waals surface area contributed by atoms with Crippen LogP contribution in [0, 0.1) is 13.8 Å². The quantitative estimate of drug-likeness (QED) is 0.870. The molecule has 0 saturated heterocycles. The summed E-state index contributed by atoms with van der Waals surface area (Å²) in [5.41, 5.74) is 1.89. The minimum Gasteiger partial charge on any atom is -0.453 e. The van der Waals surface area contributed by atoms with Crippen molar-refractivity contribution in [3.63, 3.8) is 0 Å². The molecule has 0 radical (unpaired) electrons. The van der Waals surface area contributed by atoms with Crippen LogP contribution in [-0.4, -0.2) is 14.7 Å². The van der Waals surface area contributed by atoms with Crippen LogP contribution < -0.4 is 5.14 Å². The van der Waals surface area contributed by atoms with Crippen LogP contribution in [0.15, 0.2) is 33.6 Å². The summed E-state index contributed by atoms with van der Waals surface area (Å²) >= 11 is 0. The van der Waals surface area contributed by atoms with Crippen LogP contribution in [0.5, 0.6) is 0 Å². The van der Waals surface area contributed by atoms with Crippen LogP contribution in [0.1, 0.15) is 21.7 Å². The lowest BCUT2D eigenvalue weighted by Gasteiger charge is -2.10. The van der Waals surface area contributed by atoms with Crippen molar-refractivity contribution in [2.75, 3.05) is 0 Å². The van der Waals surface area contributed by atoms with Gasteiger partial charge in [0.15, 0.2) is 12.0 Å². The van der Waals surface area contributed by atoms with Crippen LogP contribution in [0.3, 0.4) is 0 Å². The lowest BCUT2D eigenvalue weighted by Crippen LogP contribution is -2.14. The monoisotopic (exact) mass is 279 g/mol. The highest BCUT2D eigenvalue weighted by Crippen LogP contribution is 2.32. The highest BCUT2D eigenvalue weighted by molar-refractivity contribution is 7.89. The van der Waals surface area contributed by atoms with Gasteiger partial charge < -0.3 is 4.42 Å². The number of furan rings is 1. The van der Waals surface area contributed by atoms with Crippen LogP contribution in [0.2, 0.25) is 0 Å². The third kappa shape index (κ3) is 2.59. The summed E-state index contributed by atoms with van der Waals surface area (Å²) in [5, 5.41) is 5.23. The zero-order chi connectivity index (χ0) is 14.2. The number of benzene rings is 1. The zero-order valence-electron chi connectivity index (χ0n) is 10.5. The maximum atomic E-state index is 11.7. The van der Waals surface area contributed by atoms with Gasteiger partial charge in [0.2, 0.25) is 10.0 Å². The molecule has 1 aromatic heterocycles. The Bertz CT molecular complexity index is 744. The van der Waals surface area contributed by atoms with E-state index in [1.54, 1.807) is 19.9 Å². The van der Waals surface area contributed by atoms with E-state index in [2.05, 4.69) is 0 Å². The number of carbonyl (C=O) groups excluding carboxylic acids is 1. The van der Waals surface area contributed by atoms with Crippen molar-refractivity contribution < 1.29 is 17.6 Å². The molecule has 0 aliphatic heterocycles. The Morgan fingerprint density at radius 2 is 1.89 bits per heavy atom. The number of primary sulfonamides is 1. The maximum Gasteiger partial charge on any atom is 0.238 e. The van der Waals surface area contributed by atoms with Gasteiger partial charge in [0.05, 0.1) is 4.90 Å². The topological polar surface area (TPSA) is 90.4 Å². The van der Waals surface area contributed by atoms with Crippen molar-refractivity contribution in [3.05, 3.63) is 41.2 Å². The Morgan fingerprint density at radius 1 is 1.21 bits per heavy atom. The second-order valence-corrected chi connectivity index (χ2v) is 5.85. The van der Waals surface area contributed by atoms with Gasteiger partial charge in [0, 0.05) is 5.56 Å². The highest BCUT2D eigenvalue weighted by Gasteiger charge is 2.20. The smallest absolute Gasteiger partial charge is 0.238 e. The molecule has 0 amide bonds. The number of aldehydes is 1. The Kier molecular flexibility index (Phi) is 3.30. The van der Waals surface area contributed by atoms with Gasteiger partial charge in [-0.05, 0) is 43.2 Å². The molecule has 0 saturated carbocycles. The van der Waals surface area contributed by atoms with Crippen molar-refractivity contribution in [2.45, 2.75) is 18.7 Å². The molecule has 2 N–H and O–H groups in total. The summed E-state index contributed by atoms with van der Waals surface area (Å²) in [7, 11) is -3.87. The number of rotatable bonds is 3. The summed E-state index contributed by atoms with van der Waals surface area (Å²) in [6, 6.07) is 6.35. The minimum absolute atomic E-state index is 0.00296. The standard InChI is InChI=1S/C13H13NO4S/c1-8-5-9(2)13(12(6-8)19(14,16)17)11-4-3-10(7-15)18-11/h3-7H,1-2H3,(H2,14,16,17). The second kappa shape index (κ2) is 4.64. The Balaban J connectivity index is 2.78. The van der Waals surface area contributed by atoms with Crippen molar-refractivity contribution in [1.29, 1.82) is 0 Å². The van der Waals surface area contributed by atoms with Gasteiger partial charge >= 0.3 is 0 Å². The average molecular weight is 279 g/mol. The minimum atomic E-state index is -3.87. The van der Waals surface area contributed by atoms with E-state index in [1.807, 2.05) is 6.07 Å². The van der Waals surface area contributed by atoms with E-state index < -0.39 is 10.0 Å². The molecule has 2 aromatic rings. The van der Waals surface area contributed by atoms with Crippen LogP contribution >= 0.6 is 0 Å². The molecule has 5 nitrogen and oxygen atoms in total. The largest absolute Gasteiger partial charge is 0.453 e. The summed E-state index contributed by atoms with van der Waals surface area (Å²) in [4.78, 5) is 10.6. The van der Waals surface area contributed by atoms with E-state index >= 15 is 0 Å². The summed E-state index contributed by atoms with van der Waals surface area (Å²) in [5.74, 6) is 0.443. The van der Waals surface area contributed by atoms with E-state index in [-0.39, 0.29) is 10.7 Å². The molecule has 0 atom stereocenters. The molecule has 19 heavy (non-hydrogen) atoms.